The first kappa shape index (κ1) is 17.4. The molecule has 3 aromatic carbocycles. The van der Waals surface area contributed by atoms with Crippen molar-refractivity contribution in [2.75, 3.05) is 17.3 Å². The highest BCUT2D eigenvalue weighted by molar-refractivity contribution is 6.08. The van der Waals surface area contributed by atoms with E-state index in [9.17, 15) is 9.59 Å². The van der Waals surface area contributed by atoms with Gasteiger partial charge in [0.05, 0.1) is 0 Å². The Balaban J connectivity index is 1.76. The fraction of sp³-hybridized carbons (Fsp3) is 0.0909. The number of carbonyl (C=O) groups excluding carboxylic acids is 2. The number of benzene rings is 3. The third kappa shape index (κ3) is 3.98. The Bertz CT molecular complexity index is 918. The molecule has 1 N–H and O–H groups in total. The second kappa shape index (κ2) is 7.66. The molecule has 0 aromatic heterocycles. The summed E-state index contributed by atoms with van der Waals surface area (Å²) in [6.45, 7) is 1.97. The fourth-order valence-corrected chi connectivity index (χ4v) is 2.60. The van der Waals surface area contributed by atoms with Gasteiger partial charge < -0.3 is 10.2 Å². The lowest BCUT2D eigenvalue weighted by Crippen LogP contribution is -2.26. The second-order valence-corrected chi connectivity index (χ2v) is 6.10. The van der Waals surface area contributed by atoms with Crippen molar-refractivity contribution in [3.05, 3.63) is 95.6 Å². The van der Waals surface area contributed by atoms with Crippen LogP contribution in [0, 0.1) is 6.92 Å². The summed E-state index contributed by atoms with van der Waals surface area (Å²) in [7, 11) is 1.73. The van der Waals surface area contributed by atoms with Gasteiger partial charge in [-0.25, -0.2) is 0 Å². The minimum Gasteiger partial charge on any atom is -0.322 e. The highest BCUT2D eigenvalue weighted by atomic mass is 16.2. The molecule has 26 heavy (non-hydrogen) atoms. The molecular formula is C22H20N2O2. The van der Waals surface area contributed by atoms with Crippen LogP contribution < -0.4 is 10.2 Å². The number of carbonyl (C=O) groups is 2. The van der Waals surface area contributed by atoms with Gasteiger partial charge in [-0.2, -0.15) is 0 Å². The van der Waals surface area contributed by atoms with Gasteiger partial charge in [0.2, 0.25) is 0 Å². The predicted molar refractivity (Wildman–Crippen MR) is 105 cm³/mol. The fourth-order valence-electron chi connectivity index (χ4n) is 2.60. The molecule has 0 fully saturated rings. The number of para-hydroxylation sites is 1. The van der Waals surface area contributed by atoms with Gasteiger partial charge in [-0.1, -0.05) is 42.0 Å². The summed E-state index contributed by atoms with van der Waals surface area (Å²) >= 11 is 0. The number of hydrogen-bond acceptors (Lipinski definition) is 2. The average molecular weight is 344 g/mol. The molecule has 4 nitrogen and oxygen atoms in total. The molecule has 0 saturated carbocycles. The molecule has 0 heterocycles. The van der Waals surface area contributed by atoms with E-state index in [1.54, 1.807) is 48.3 Å². The SMILES string of the molecule is Cc1ccc(C(=O)Nc2cccc(C(=O)N(C)c3ccccc3)c2)cc1. The third-order valence-corrected chi connectivity index (χ3v) is 4.13. The molecule has 3 aromatic rings. The van der Waals surface area contributed by atoms with Gasteiger partial charge in [0.25, 0.3) is 11.8 Å². The van der Waals surface area contributed by atoms with Crippen molar-refractivity contribution >= 4 is 23.2 Å². The summed E-state index contributed by atoms with van der Waals surface area (Å²) in [4.78, 5) is 26.6. The zero-order chi connectivity index (χ0) is 18.5. The van der Waals surface area contributed by atoms with Crippen LogP contribution in [0.15, 0.2) is 78.9 Å². The van der Waals surface area contributed by atoms with Crippen molar-refractivity contribution in [3.8, 4) is 0 Å². The monoisotopic (exact) mass is 344 g/mol. The third-order valence-electron chi connectivity index (χ3n) is 4.13. The number of aryl methyl sites for hydroxylation is 1. The second-order valence-electron chi connectivity index (χ2n) is 6.10. The quantitative estimate of drug-likeness (QED) is 0.756. The van der Waals surface area contributed by atoms with E-state index >= 15 is 0 Å². The van der Waals surface area contributed by atoms with E-state index in [4.69, 9.17) is 0 Å². The standard InChI is InChI=1S/C22H20N2O2/c1-16-11-13-17(14-12-16)21(25)23-19-8-6-7-18(15-19)22(26)24(2)20-9-4-3-5-10-20/h3-15H,1-2H3,(H,23,25). The zero-order valence-corrected chi connectivity index (χ0v) is 14.8. The van der Waals surface area contributed by atoms with Crippen LogP contribution in [0.2, 0.25) is 0 Å². The molecule has 0 aliphatic carbocycles. The number of anilines is 2. The molecule has 0 radical (unpaired) electrons. The number of nitrogens with one attached hydrogen (secondary N) is 1. The number of rotatable bonds is 4. The molecule has 0 unspecified atom stereocenters. The van der Waals surface area contributed by atoms with Crippen molar-refractivity contribution in [1.82, 2.24) is 0 Å². The normalized spacial score (nSPS) is 10.2. The van der Waals surface area contributed by atoms with Crippen LogP contribution in [0.1, 0.15) is 26.3 Å². The first-order chi connectivity index (χ1) is 12.5. The van der Waals surface area contributed by atoms with Crippen molar-refractivity contribution < 1.29 is 9.59 Å². The number of amides is 2. The molecule has 3 rings (SSSR count). The molecule has 0 saturated heterocycles. The topological polar surface area (TPSA) is 49.4 Å². The van der Waals surface area contributed by atoms with E-state index in [2.05, 4.69) is 5.32 Å². The first-order valence-corrected chi connectivity index (χ1v) is 8.36. The van der Waals surface area contributed by atoms with E-state index in [0.29, 0.717) is 16.8 Å². The van der Waals surface area contributed by atoms with E-state index in [0.717, 1.165) is 11.3 Å². The minimum absolute atomic E-state index is 0.136. The highest BCUT2D eigenvalue weighted by Gasteiger charge is 2.14. The summed E-state index contributed by atoms with van der Waals surface area (Å²) in [5.74, 6) is -0.339. The van der Waals surface area contributed by atoms with Crippen molar-refractivity contribution in [1.29, 1.82) is 0 Å². The zero-order valence-electron chi connectivity index (χ0n) is 14.8. The van der Waals surface area contributed by atoms with Crippen LogP contribution in [0.3, 0.4) is 0 Å². The van der Waals surface area contributed by atoms with Crippen LogP contribution in [0.4, 0.5) is 11.4 Å². The first-order valence-electron chi connectivity index (χ1n) is 8.36. The summed E-state index contributed by atoms with van der Waals surface area (Å²) in [6, 6.07) is 23.7. The summed E-state index contributed by atoms with van der Waals surface area (Å²) < 4.78 is 0. The van der Waals surface area contributed by atoms with E-state index in [1.165, 1.54) is 0 Å². The Morgan fingerprint density at radius 2 is 1.50 bits per heavy atom. The van der Waals surface area contributed by atoms with Crippen LogP contribution in [0.5, 0.6) is 0 Å². The highest BCUT2D eigenvalue weighted by Crippen LogP contribution is 2.18. The van der Waals surface area contributed by atoms with Crippen LogP contribution in [-0.4, -0.2) is 18.9 Å². The molecular weight excluding hydrogens is 324 g/mol. The summed E-state index contributed by atoms with van der Waals surface area (Å²) in [5, 5.41) is 2.84. The van der Waals surface area contributed by atoms with Gasteiger partial charge in [0.15, 0.2) is 0 Å². The van der Waals surface area contributed by atoms with Crippen LogP contribution in [-0.2, 0) is 0 Å². The molecule has 4 heteroatoms. The van der Waals surface area contributed by atoms with Gasteiger partial charge >= 0.3 is 0 Å². The maximum Gasteiger partial charge on any atom is 0.258 e. The Morgan fingerprint density at radius 1 is 0.808 bits per heavy atom. The predicted octanol–water partition coefficient (Wildman–Crippen LogP) is 4.52. The largest absolute Gasteiger partial charge is 0.322 e. The van der Waals surface area contributed by atoms with Gasteiger partial charge in [0.1, 0.15) is 0 Å². The lowest BCUT2D eigenvalue weighted by molar-refractivity contribution is 0.0990. The van der Waals surface area contributed by atoms with Crippen molar-refractivity contribution in [2.45, 2.75) is 6.92 Å². The van der Waals surface area contributed by atoms with Crippen molar-refractivity contribution in [3.63, 3.8) is 0 Å². The van der Waals surface area contributed by atoms with E-state index < -0.39 is 0 Å². The van der Waals surface area contributed by atoms with Gasteiger partial charge in [-0.3, -0.25) is 9.59 Å². The lowest BCUT2D eigenvalue weighted by atomic mass is 10.1. The number of nitrogens with zero attached hydrogens (tertiary/aromatic N) is 1. The van der Waals surface area contributed by atoms with Crippen LogP contribution in [0.25, 0.3) is 0 Å². The maximum absolute atomic E-state index is 12.7. The Labute approximate surface area is 153 Å². The molecule has 130 valence electrons. The molecule has 0 spiro atoms. The van der Waals surface area contributed by atoms with Gasteiger partial charge in [-0.15, -0.1) is 0 Å². The summed E-state index contributed by atoms with van der Waals surface area (Å²) in [5.41, 5.74) is 3.58. The average Bonchev–Trinajstić information content (AvgIpc) is 2.68. The van der Waals surface area contributed by atoms with Crippen molar-refractivity contribution in [2.24, 2.45) is 0 Å². The Kier molecular flexibility index (Phi) is 5.13. The number of hydrogen-bond donors (Lipinski definition) is 1. The minimum atomic E-state index is -0.203. The Hall–Kier alpha value is -3.40. The molecule has 0 aliphatic heterocycles. The molecule has 0 aliphatic rings. The van der Waals surface area contributed by atoms with Crippen LogP contribution >= 0.6 is 0 Å². The van der Waals surface area contributed by atoms with Gasteiger partial charge in [-0.05, 0) is 49.4 Å². The molecule has 2 amide bonds. The van der Waals surface area contributed by atoms with E-state index in [-0.39, 0.29) is 11.8 Å². The Morgan fingerprint density at radius 3 is 2.19 bits per heavy atom. The lowest BCUT2D eigenvalue weighted by Gasteiger charge is -2.17. The van der Waals surface area contributed by atoms with Gasteiger partial charge in [0, 0.05) is 29.5 Å². The maximum atomic E-state index is 12.7. The summed E-state index contributed by atoms with van der Waals surface area (Å²) in [6.07, 6.45) is 0. The van der Waals surface area contributed by atoms with E-state index in [1.807, 2.05) is 49.4 Å². The molecule has 0 atom stereocenters. The smallest absolute Gasteiger partial charge is 0.258 e. The molecule has 0 bridgehead atoms.